The standard InChI is InChI=1S/C22H21N3O3/c26-22(24-18-9-10-20-21(14-18)28-16-27-20)25(15-19-8-4-5-12-23-19)13-11-17-6-2-1-3-7-17/h1-10,12,14H,11,13,15-16H2,(H,24,26). The van der Waals surface area contributed by atoms with Crippen LogP contribution in [-0.2, 0) is 13.0 Å². The molecule has 0 spiro atoms. The van der Waals surface area contributed by atoms with Crippen LogP contribution in [0.4, 0.5) is 10.5 Å². The number of urea groups is 1. The van der Waals surface area contributed by atoms with Crippen molar-refractivity contribution in [2.75, 3.05) is 18.7 Å². The maximum Gasteiger partial charge on any atom is 0.322 e. The molecule has 3 aromatic rings. The van der Waals surface area contributed by atoms with Gasteiger partial charge in [0.15, 0.2) is 11.5 Å². The Morgan fingerprint density at radius 1 is 1.00 bits per heavy atom. The number of hydrogen-bond acceptors (Lipinski definition) is 4. The lowest BCUT2D eigenvalue weighted by Crippen LogP contribution is -2.36. The normalized spacial score (nSPS) is 11.9. The highest BCUT2D eigenvalue weighted by Gasteiger charge is 2.18. The Balaban J connectivity index is 1.47. The number of aromatic nitrogens is 1. The summed E-state index contributed by atoms with van der Waals surface area (Å²) in [6, 6.07) is 21.0. The molecule has 0 saturated carbocycles. The molecule has 1 aliphatic heterocycles. The summed E-state index contributed by atoms with van der Waals surface area (Å²) in [6.07, 6.45) is 2.50. The van der Waals surface area contributed by atoms with Gasteiger partial charge in [0, 0.05) is 24.5 Å². The predicted octanol–water partition coefficient (Wildman–Crippen LogP) is 4.09. The average Bonchev–Trinajstić information content (AvgIpc) is 3.20. The second-order valence-electron chi connectivity index (χ2n) is 6.48. The monoisotopic (exact) mass is 375 g/mol. The highest BCUT2D eigenvalue weighted by Crippen LogP contribution is 2.34. The number of anilines is 1. The van der Waals surface area contributed by atoms with Crippen LogP contribution in [-0.4, -0.2) is 29.3 Å². The van der Waals surface area contributed by atoms with E-state index in [1.807, 2.05) is 42.5 Å². The first-order chi connectivity index (χ1) is 13.8. The van der Waals surface area contributed by atoms with Crippen LogP contribution >= 0.6 is 0 Å². The number of nitrogens with zero attached hydrogens (tertiary/aromatic N) is 2. The first kappa shape index (κ1) is 17.9. The number of pyridine rings is 1. The highest BCUT2D eigenvalue weighted by molar-refractivity contribution is 5.89. The maximum absolute atomic E-state index is 13.0. The third kappa shape index (κ3) is 4.40. The molecule has 2 amide bonds. The van der Waals surface area contributed by atoms with Crippen LogP contribution in [0.3, 0.4) is 0 Å². The lowest BCUT2D eigenvalue weighted by molar-refractivity contribution is 0.174. The van der Waals surface area contributed by atoms with Crippen LogP contribution < -0.4 is 14.8 Å². The van der Waals surface area contributed by atoms with Gasteiger partial charge >= 0.3 is 6.03 Å². The van der Waals surface area contributed by atoms with E-state index >= 15 is 0 Å². The first-order valence-corrected chi connectivity index (χ1v) is 9.17. The molecule has 6 heteroatoms. The molecule has 2 aromatic carbocycles. The molecule has 1 aliphatic rings. The molecule has 0 aliphatic carbocycles. The molecule has 4 rings (SSSR count). The fourth-order valence-corrected chi connectivity index (χ4v) is 3.03. The Kier molecular flexibility index (Phi) is 5.38. The largest absolute Gasteiger partial charge is 0.454 e. The van der Waals surface area contributed by atoms with Gasteiger partial charge in [-0.3, -0.25) is 4.98 Å². The molecule has 0 radical (unpaired) electrons. The molecule has 0 unspecified atom stereocenters. The van der Waals surface area contributed by atoms with Gasteiger partial charge in [0.25, 0.3) is 0 Å². The molecule has 28 heavy (non-hydrogen) atoms. The van der Waals surface area contributed by atoms with Gasteiger partial charge in [-0.2, -0.15) is 0 Å². The van der Waals surface area contributed by atoms with Gasteiger partial charge in [-0.05, 0) is 36.2 Å². The minimum atomic E-state index is -0.180. The lowest BCUT2D eigenvalue weighted by Gasteiger charge is -2.23. The zero-order chi connectivity index (χ0) is 19.2. The molecule has 0 fully saturated rings. The highest BCUT2D eigenvalue weighted by atomic mass is 16.7. The van der Waals surface area contributed by atoms with Gasteiger partial charge < -0.3 is 19.7 Å². The summed E-state index contributed by atoms with van der Waals surface area (Å²) in [7, 11) is 0. The zero-order valence-corrected chi connectivity index (χ0v) is 15.4. The van der Waals surface area contributed by atoms with E-state index in [4.69, 9.17) is 9.47 Å². The van der Waals surface area contributed by atoms with E-state index in [1.54, 1.807) is 23.2 Å². The fourth-order valence-electron chi connectivity index (χ4n) is 3.03. The number of fused-ring (bicyclic) bond motifs is 1. The summed E-state index contributed by atoms with van der Waals surface area (Å²) < 4.78 is 10.7. The molecule has 0 bridgehead atoms. The number of carbonyl (C=O) groups excluding carboxylic acids is 1. The van der Waals surface area contributed by atoms with Crippen LogP contribution in [0.1, 0.15) is 11.3 Å². The average molecular weight is 375 g/mol. The van der Waals surface area contributed by atoms with E-state index in [1.165, 1.54) is 5.56 Å². The van der Waals surface area contributed by atoms with Gasteiger partial charge in [-0.1, -0.05) is 36.4 Å². The Morgan fingerprint density at radius 3 is 2.64 bits per heavy atom. The van der Waals surface area contributed by atoms with Crippen molar-refractivity contribution in [3.05, 3.63) is 84.2 Å². The predicted molar refractivity (Wildman–Crippen MR) is 106 cm³/mol. The van der Waals surface area contributed by atoms with E-state index in [9.17, 15) is 4.79 Å². The Hall–Kier alpha value is -3.54. The second-order valence-corrected chi connectivity index (χ2v) is 6.48. The summed E-state index contributed by atoms with van der Waals surface area (Å²) in [5.41, 5.74) is 2.70. The molecule has 2 heterocycles. The van der Waals surface area contributed by atoms with Crippen LogP contribution in [0.2, 0.25) is 0 Å². The van der Waals surface area contributed by atoms with Crippen molar-refractivity contribution in [3.63, 3.8) is 0 Å². The van der Waals surface area contributed by atoms with E-state index < -0.39 is 0 Å². The molecular formula is C22H21N3O3. The van der Waals surface area contributed by atoms with Crippen molar-refractivity contribution >= 4 is 11.7 Å². The quantitative estimate of drug-likeness (QED) is 0.705. The van der Waals surface area contributed by atoms with Crippen LogP contribution in [0.5, 0.6) is 11.5 Å². The van der Waals surface area contributed by atoms with Crippen LogP contribution in [0.15, 0.2) is 72.9 Å². The molecule has 1 aromatic heterocycles. The summed E-state index contributed by atoms with van der Waals surface area (Å²) in [4.78, 5) is 19.1. The minimum absolute atomic E-state index is 0.180. The molecule has 0 atom stereocenters. The number of hydrogen-bond donors (Lipinski definition) is 1. The number of ether oxygens (including phenoxy) is 2. The lowest BCUT2D eigenvalue weighted by atomic mass is 10.1. The Morgan fingerprint density at radius 2 is 1.82 bits per heavy atom. The van der Waals surface area contributed by atoms with Gasteiger partial charge in [0.2, 0.25) is 6.79 Å². The third-order valence-electron chi connectivity index (χ3n) is 4.50. The number of amides is 2. The van der Waals surface area contributed by atoms with E-state index in [2.05, 4.69) is 22.4 Å². The summed E-state index contributed by atoms with van der Waals surface area (Å²) in [5, 5.41) is 2.95. The number of nitrogens with one attached hydrogen (secondary N) is 1. The number of rotatable bonds is 6. The van der Waals surface area contributed by atoms with E-state index in [-0.39, 0.29) is 12.8 Å². The van der Waals surface area contributed by atoms with Crippen molar-refractivity contribution in [1.82, 2.24) is 9.88 Å². The van der Waals surface area contributed by atoms with Gasteiger partial charge in [-0.15, -0.1) is 0 Å². The number of benzene rings is 2. The Labute approximate surface area is 163 Å². The van der Waals surface area contributed by atoms with Crippen molar-refractivity contribution in [3.8, 4) is 11.5 Å². The van der Waals surface area contributed by atoms with Crippen LogP contribution in [0.25, 0.3) is 0 Å². The fraction of sp³-hybridized carbons (Fsp3) is 0.182. The van der Waals surface area contributed by atoms with Gasteiger partial charge in [0.05, 0.1) is 12.2 Å². The molecule has 6 nitrogen and oxygen atoms in total. The van der Waals surface area contributed by atoms with Crippen molar-refractivity contribution in [2.45, 2.75) is 13.0 Å². The maximum atomic E-state index is 13.0. The summed E-state index contributed by atoms with van der Waals surface area (Å²) >= 11 is 0. The third-order valence-corrected chi connectivity index (χ3v) is 4.50. The van der Waals surface area contributed by atoms with E-state index in [0.717, 1.165) is 12.1 Å². The second kappa shape index (κ2) is 8.43. The summed E-state index contributed by atoms with van der Waals surface area (Å²) in [6.45, 7) is 1.22. The van der Waals surface area contributed by atoms with Gasteiger partial charge in [-0.25, -0.2) is 4.79 Å². The molecule has 0 saturated heterocycles. The molecular weight excluding hydrogens is 354 g/mol. The molecule has 1 N–H and O–H groups in total. The van der Waals surface area contributed by atoms with Crippen molar-refractivity contribution in [1.29, 1.82) is 0 Å². The smallest absolute Gasteiger partial charge is 0.322 e. The van der Waals surface area contributed by atoms with Crippen LogP contribution in [0, 0.1) is 0 Å². The van der Waals surface area contributed by atoms with Gasteiger partial charge in [0.1, 0.15) is 0 Å². The zero-order valence-electron chi connectivity index (χ0n) is 15.4. The van der Waals surface area contributed by atoms with Crippen molar-refractivity contribution < 1.29 is 14.3 Å². The first-order valence-electron chi connectivity index (χ1n) is 9.17. The number of carbonyl (C=O) groups is 1. The topological polar surface area (TPSA) is 63.7 Å². The summed E-state index contributed by atoms with van der Waals surface area (Å²) in [5.74, 6) is 1.32. The minimum Gasteiger partial charge on any atom is -0.454 e. The molecule has 142 valence electrons. The van der Waals surface area contributed by atoms with E-state index in [0.29, 0.717) is 30.3 Å². The SMILES string of the molecule is O=C(Nc1ccc2c(c1)OCO2)N(CCc1ccccc1)Cc1ccccn1. The Bertz CT molecular complexity index is 932. The van der Waals surface area contributed by atoms with Crippen molar-refractivity contribution in [2.24, 2.45) is 0 Å².